The molecule has 1 fully saturated rings. The monoisotopic (exact) mass is 347 g/mol. The number of aromatic nitrogens is 2. The third-order valence-electron chi connectivity index (χ3n) is 5.37. The van der Waals surface area contributed by atoms with Crippen molar-refractivity contribution in [2.75, 3.05) is 20.2 Å². The first-order valence-corrected chi connectivity index (χ1v) is 9.36. The number of hydrogen-bond donors (Lipinski definition) is 0. The zero-order valence-electron chi connectivity index (χ0n) is 15.5. The van der Waals surface area contributed by atoms with Gasteiger partial charge >= 0.3 is 0 Å². The van der Waals surface area contributed by atoms with E-state index in [2.05, 4.69) is 47.1 Å². The Kier molecular flexibility index (Phi) is 4.85. The fourth-order valence-corrected chi connectivity index (χ4v) is 3.76. The predicted molar refractivity (Wildman–Crippen MR) is 105 cm³/mol. The lowest BCUT2D eigenvalue weighted by atomic mass is 10.0. The van der Waals surface area contributed by atoms with Crippen LogP contribution in [0.2, 0.25) is 0 Å². The maximum Gasteiger partial charge on any atom is 0.137 e. The van der Waals surface area contributed by atoms with E-state index in [0.717, 1.165) is 46.8 Å². The van der Waals surface area contributed by atoms with Gasteiger partial charge in [0.1, 0.15) is 5.75 Å². The average molecular weight is 347 g/mol. The lowest BCUT2D eigenvalue weighted by Crippen LogP contribution is -2.29. The van der Waals surface area contributed by atoms with Crippen LogP contribution in [0.5, 0.6) is 5.75 Å². The molecule has 0 amide bonds. The number of likely N-dealkylation sites (tertiary alicyclic amines) is 1. The summed E-state index contributed by atoms with van der Waals surface area (Å²) in [5, 5.41) is 1.16. The second-order valence-corrected chi connectivity index (χ2v) is 7.10. The number of nitrogens with zero attached hydrogens (tertiary/aromatic N) is 3. The average Bonchev–Trinajstić information content (AvgIpc) is 3.10. The highest BCUT2D eigenvalue weighted by atomic mass is 16.5. The summed E-state index contributed by atoms with van der Waals surface area (Å²) in [6, 6.07) is 13.5. The van der Waals surface area contributed by atoms with Gasteiger partial charge in [-0.2, -0.15) is 0 Å². The van der Waals surface area contributed by atoms with E-state index < -0.39 is 0 Å². The second-order valence-electron chi connectivity index (χ2n) is 7.10. The summed E-state index contributed by atoms with van der Waals surface area (Å²) < 4.78 is 5.28. The van der Waals surface area contributed by atoms with Gasteiger partial charge in [0.15, 0.2) is 0 Å². The molecule has 4 nitrogen and oxygen atoms in total. The molecule has 26 heavy (non-hydrogen) atoms. The molecule has 2 aromatic heterocycles. The van der Waals surface area contributed by atoms with Crippen LogP contribution in [0.4, 0.5) is 0 Å². The summed E-state index contributed by atoms with van der Waals surface area (Å²) in [6.45, 7) is 4.66. The van der Waals surface area contributed by atoms with Crippen molar-refractivity contribution in [1.29, 1.82) is 0 Å². The molecule has 0 aliphatic carbocycles. The molecule has 0 N–H and O–H groups in total. The van der Waals surface area contributed by atoms with Crippen molar-refractivity contribution in [2.45, 2.75) is 32.2 Å². The summed E-state index contributed by atoms with van der Waals surface area (Å²) in [5.74, 6) is 0.771. The van der Waals surface area contributed by atoms with Crippen molar-refractivity contribution in [3.05, 3.63) is 54.5 Å². The fraction of sp³-hybridized carbons (Fsp3) is 0.364. The van der Waals surface area contributed by atoms with Crippen LogP contribution in [-0.4, -0.2) is 41.1 Å². The highest BCUT2D eigenvalue weighted by Gasteiger charge is 2.19. The van der Waals surface area contributed by atoms with E-state index in [4.69, 9.17) is 9.72 Å². The van der Waals surface area contributed by atoms with Gasteiger partial charge in [-0.15, -0.1) is 0 Å². The molecule has 3 aromatic rings. The van der Waals surface area contributed by atoms with Crippen LogP contribution in [0.15, 0.2) is 48.8 Å². The normalized spacial score (nSPS) is 17.7. The Hall–Kier alpha value is -2.46. The Morgan fingerprint density at radius 1 is 1.12 bits per heavy atom. The van der Waals surface area contributed by atoms with Crippen LogP contribution in [0.25, 0.3) is 22.0 Å². The number of fused-ring (bicyclic) bond motifs is 1. The van der Waals surface area contributed by atoms with Gasteiger partial charge in [-0.05, 0) is 56.1 Å². The molecule has 4 rings (SSSR count). The van der Waals surface area contributed by atoms with Crippen LogP contribution in [0, 0.1) is 0 Å². The topological polar surface area (TPSA) is 38.3 Å². The summed E-state index contributed by atoms with van der Waals surface area (Å²) in [7, 11) is 1.66. The van der Waals surface area contributed by atoms with Gasteiger partial charge in [0.05, 0.1) is 18.8 Å². The summed E-state index contributed by atoms with van der Waals surface area (Å²) in [5.41, 5.74) is 4.41. The molecule has 1 aromatic carbocycles. The van der Waals surface area contributed by atoms with Gasteiger partial charge in [-0.3, -0.25) is 9.97 Å². The zero-order valence-corrected chi connectivity index (χ0v) is 15.5. The largest absolute Gasteiger partial charge is 0.495 e. The van der Waals surface area contributed by atoms with Gasteiger partial charge < -0.3 is 9.64 Å². The van der Waals surface area contributed by atoms with Crippen LogP contribution < -0.4 is 4.74 Å². The van der Waals surface area contributed by atoms with Gasteiger partial charge in [0.25, 0.3) is 0 Å². The van der Waals surface area contributed by atoms with Gasteiger partial charge in [0, 0.05) is 41.8 Å². The lowest BCUT2D eigenvalue weighted by Gasteiger charge is -2.20. The van der Waals surface area contributed by atoms with Crippen molar-refractivity contribution in [1.82, 2.24) is 14.9 Å². The Balaban J connectivity index is 1.54. The molecule has 4 heteroatoms. The third-order valence-corrected chi connectivity index (χ3v) is 5.37. The minimum atomic E-state index is 0.717. The molecule has 0 bridgehead atoms. The number of ether oxygens (including phenoxy) is 1. The Morgan fingerprint density at radius 3 is 2.85 bits per heavy atom. The molecule has 3 heterocycles. The van der Waals surface area contributed by atoms with Crippen molar-refractivity contribution >= 4 is 10.9 Å². The number of benzene rings is 1. The first-order valence-electron chi connectivity index (χ1n) is 9.36. The van der Waals surface area contributed by atoms with Crippen LogP contribution >= 0.6 is 0 Å². The third kappa shape index (κ3) is 3.56. The minimum Gasteiger partial charge on any atom is -0.495 e. The van der Waals surface area contributed by atoms with Crippen molar-refractivity contribution < 1.29 is 4.74 Å². The highest BCUT2D eigenvalue weighted by Crippen LogP contribution is 2.26. The highest BCUT2D eigenvalue weighted by molar-refractivity contribution is 5.84. The molecule has 1 aliphatic rings. The smallest absolute Gasteiger partial charge is 0.137 e. The predicted octanol–water partition coefficient (Wildman–Crippen LogP) is 4.33. The number of rotatable bonds is 5. The summed E-state index contributed by atoms with van der Waals surface area (Å²) in [4.78, 5) is 11.7. The Morgan fingerprint density at radius 2 is 2.04 bits per heavy atom. The van der Waals surface area contributed by atoms with Gasteiger partial charge in [0.2, 0.25) is 0 Å². The Labute approximate surface area is 154 Å². The van der Waals surface area contributed by atoms with Gasteiger partial charge in [-0.1, -0.05) is 12.1 Å². The molecule has 134 valence electrons. The molecular weight excluding hydrogens is 322 g/mol. The maximum atomic E-state index is 5.28. The molecule has 1 saturated heterocycles. The maximum absolute atomic E-state index is 5.28. The number of methoxy groups -OCH3 is 1. The fourth-order valence-electron chi connectivity index (χ4n) is 3.76. The van der Waals surface area contributed by atoms with Crippen molar-refractivity contribution in [3.8, 4) is 16.9 Å². The Bertz CT molecular complexity index is 909. The van der Waals surface area contributed by atoms with E-state index in [1.807, 2.05) is 12.3 Å². The molecule has 0 saturated carbocycles. The summed E-state index contributed by atoms with van der Waals surface area (Å²) in [6.07, 6.45) is 7.26. The first kappa shape index (κ1) is 17.0. The molecule has 0 spiro atoms. The van der Waals surface area contributed by atoms with E-state index in [0.29, 0.717) is 0 Å². The molecular formula is C22H25N3O. The van der Waals surface area contributed by atoms with Crippen LogP contribution in [0.3, 0.4) is 0 Å². The van der Waals surface area contributed by atoms with E-state index in [9.17, 15) is 0 Å². The number of pyridine rings is 2. The molecule has 0 radical (unpaired) electrons. The van der Waals surface area contributed by atoms with Crippen LogP contribution in [0.1, 0.15) is 25.5 Å². The van der Waals surface area contributed by atoms with E-state index >= 15 is 0 Å². The van der Waals surface area contributed by atoms with E-state index in [1.165, 1.54) is 25.1 Å². The zero-order chi connectivity index (χ0) is 17.9. The minimum absolute atomic E-state index is 0.717. The molecule has 0 unspecified atom stereocenters. The standard InChI is InChI=1S/C22H25N3O/c1-16-4-3-10-25(16)11-9-20-7-5-18-12-17(6-8-22(18)24-20)19-13-21(26-2)15-23-14-19/h5-8,12-16H,3-4,9-11H2,1-2H3/t16-/m1/s1. The van der Waals surface area contributed by atoms with E-state index in [1.54, 1.807) is 13.3 Å². The first-order chi connectivity index (χ1) is 12.7. The van der Waals surface area contributed by atoms with Gasteiger partial charge in [-0.25, -0.2) is 0 Å². The number of hydrogen-bond acceptors (Lipinski definition) is 4. The molecule has 1 atom stereocenters. The van der Waals surface area contributed by atoms with Crippen LogP contribution in [-0.2, 0) is 6.42 Å². The van der Waals surface area contributed by atoms with Crippen molar-refractivity contribution in [3.63, 3.8) is 0 Å². The quantitative estimate of drug-likeness (QED) is 0.688. The van der Waals surface area contributed by atoms with E-state index in [-0.39, 0.29) is 0 Å². The second kappa shape index (κ2) is 7.42. The summed E-state index contributed by atoms with van der Waals surface area (Å²) >= 11 is 0. The van der Waals surface area contributed by atoms with Crippen molar-refractivity contribution in [2.24, 2.45) is 0 Å². The molecule has 1 aliphatic heterocycles. The lowest BCUT2D eigenvalue weighted by molar-refractivity contribution is 0.271. The SMILES string of the molecule is COc1cncc(-c2ccc3nc(CCN4CCC[C@H]4C)ccc3c2)c1.